The second-order valence-electron chi connectivity index (χ2n) is 6.60. The number of sulfone groups is 1. The molecule has 0 spiro atoms. The molecule has 1 amide bonds. The lowest BCUT2D eigenvalue weighted by Crippen LogP contribution is -2.38. The van der Waals surface area contributed by atoms with E-state index in [1.54, 1.807) is 32.4 Å². The summed E-state index contributed by atoms with van der Waals surface area (Å²) in [5, 5.41) is 8.53. The Labute approximate surface area is 173 Å². The Morgan fingerprint density at radius 3 is 2.66 bits per heavy atom. The number of amides is 1. The predicted molar refractivity (Wildman–Crippen MR) is 109 cm³/mol. The van der Waals surface area contributed by atoms with E-state index in [0.717, 1.165) is 11.8 Å². The highest BCUT2D eigenvalue weighted by Crippen LogP contribution is 2.32. The molecule has 0 aliphatic carbocycles. The van der Waals surface area contributed by atoms with Crippen LogP contribution in [0.5, 0.6) is 11.5 Å². The number of ether oxygens (including phenoxy) is 2. The maximum absolute atomic E-state index is 12.4. The normalized spacial score (nSPS) is 17.8. The first kappa shape index (κ1) is 21.2. The first-order chi connectivity index (χ1) is 13.8. The van der Waals surface area contributed by atoms with Gasteiger partial charge in [0.1, 0.15) is 0 Å². The zero-order valence-corrected chi connectivity index (χ0v) is 18.0. The van der Waals surface area contributed by atoms with Crippen LogP contribution in [-0.2, 0) is 14.6 Å². The molecule has 10 nitrogen and oxygen atoms in total. The Morgan fingerprint density at radius 2 is 2.03 bits per heavy atom. The fraction of sp³-hybridized carbons (Fsp3) is 0.471. The molecule has 1 atom stereocenters. The van der Waals surface area contributed by atoms with Crippen molar-refractivity contribution in [3.63, 3.8) is 0 Å². The number of carbonyl (C=O) groups is 1. The SMILES string of the molecule is COc1ccc(-c2nnc(SCC(=O)N(C)[C@H]3CCS(=O)(=O)C3)n2N)cc1OC. The van der Waals surface area contributed by atoms with Crippen molar-refractivity contribution in [2.45, 2.75) is 17.6 Å². The minimum absolute atomic E-state index is 0.0103. The third-order valence-electron chi connectivity index (χ3n) is 4.78. The fourth-order valence-electron chi connectivity index (χ4n) is 3.06. The van der Waals surface area contributed by atoms with Crippen molar-refractivity contribution in [3.05, 3.63) is 18.2 Å². The van der Waals surface area contributed by atoms with Crippen LogP contribution in [0, 0.1) is 0 Å². The number of methoxy groups -OCH3 is 2. The molecule has 3 rings (SSSR count). The zero-order chi connectivity index (χ0) is 21.2. The number of nitrogen functional groups attached to an aromatic ring is 1. The second-order valence-corrected chi connectivity index (χ2v) is 9.77. The molecule has 2 aromatic rings. The summed E-state index contributed by atoms with van der Waals surface area (Å²) in [5.74, 6) is 7.66. The lowest BCUT2D eigenvalue weighted by atomic mass is 10.2. The van der Waals surface area contributed by atoms with Gasteiger partial charge in [0.15, 0.2) is 27.2 Å². The van der Waals surface area contributed by atoms with Crippen LogP contribution in [-0.4, -0.2) is 78.7 Å². The van der Waals surface area contributed by atoms with E-state index in [2.05, 4.69) is 10.2 Å². The van der Waals surface area contributed by atoms with Crippen LogP contribution in [0.2, 0.25) is 0 Å². The Hall–Kier alpha value is -2.47. The van der Waals surface area contributed by atoms with Crippen LogP contribution in [0.25, 0.3) is 11.4 Å². The molecule has 1 fully saturated rings. The predicted octanol–water partition coefficient (Wildman–Crippen LogP) is 0.414. The maximum Gasteiger partial charge on any atom is 0.233 e. The number of rotatable bonds is 7. The standard InChI is InChI=1S/C17H23N5O5S2/c1-21(12-6-7-29(24,25)10-12)15(23)9-28-17-20-19-16(22(17)18)11-4-5-13(26-2)14(8-11)27-3/h4-5,8,12H,6-7,9-10,18H2,1-3H3/t12-/m0/s1. The summed E-state index contributed by atoms with van der Waals surface area (Å²) in [6.45, 7) is 0. The van der Waals surface area contributed by atoms with Gasteiger partial charge in [-0.1, -0.05) is 11.8 Å². The molecule has 158 valence electrons. The van der Waals surface area contributed by atoms with E-state index in [4.69, 9.17) is 15.3 Å². The molecule has 0 radical (unpaired) electrons. The van der Waals surface area contributed by atoms with Gasteiger partial charge in [-0.2, -0.15) is 0 Å². The molecular formula is C17H23N5O5S2. The zero-order valence-electron chi connectivity index (χ0n) is 16.4. The smallest absolute Gasteiger partial charge is 0.233 e. The van der Waals surface area contributed by atoms with Crippen molar-refractivity contribution >= 4 is 27.5 Å². The summed E-state index contributed by atoms with van der Waals surface area (Å²) < 4.78 is 35.1. The molecular weight excluding hydrogens is 418 g/mol. The van der Waals surface area contributed by atoms with E-state index >= 15 is 0 Å². The molecule has 1 aliphatic rings. The highest BCUT2D eigenvalue weighted by molar-refractivity contribution is 7.99. The van der Waals surface area contributed by atoms with Gasteiger partial charge in [0.05, 0.1) is 31.5 Å². The lowest BCUT2D eigenvalue weighted by molar-refractivity contribution is -0.128. The van der Waals surface area contributed by atoms with Gasteiger partial charge in [0.25, 0.3) is 0 Å². The number of thioether (sulfide) groups is 1. The molecule has 1 saturated heterocycles. The number of hydrogen-bond acceptors (Lipinski definition) is 9. The van der Waals surface area contributed by atoms with Crippen molar-refractivity contribution < 1.29 is 22.7 Å². The van der Waals surface area contributed by atoms with Crippen LogP contribution in [0.3, 0.4) is 0 Å². The van der Waals surface area contributed by atoms with Gasteiger partial charge in [-0.15, -0.1) is 10.2 Å². The number of nitrogens with zero attached hydrogens (tertiary/aromatic N) is 4. The quantitative estimate of drug-likeness (QED) is 0.480. The van der Waals surface area contributed by atoms with Crippen molar-refractivity contribution in [2.24, 2.45) is 0 Å². The van der Waals surface area contributed by atoms with Gasteiger partial charge < -0.3 is 20.2 Å². The van der Waals surface area contributed by atoms with Crippen LogP contribution < -0.4 is 15.3 Å². The van der Waals surface area contributed by atoms with Crippen LogP contribution in [0.1, 0.15) is 6.42 Å². The maximum atomic E-state index is 12.4. The minimum Gasteiger partial charge on any atom is -0.493 e. The van der Waals surface area contributed by atoms with Gasteiger partial charge >= 0.3 is 0 Å². The molecule has 2 N–H and O–H groups in total. The molecule has 0 bridgehead atoms. The fourth-order valence-corrected chi connectivity index (χ4v) is 5.61. The topological polar surface area (TPSA) is 130 Å². The van der Waals surface area contributed by atoms with E-state index < -0.39 is 9.84 Å². The van der Waals surface area contributed by atoms with E-state index in [1.165, 1.54) is 16.7 Å². The molecule has 29 heavy (non-hydrogen) atoms. The van der Waals surface area contributed by atoms with Crippen LogP contribution in [0.4, 0.5) is 0 Å². The Bertz CT molecular complexity index is 1010. The van der Waals surface area contributed by atoms with Crippen molar-refractivity contribution in [1.29, 1.82) is 0 Å². The Balaban J connectivity index is 1.68. The first-order valence-corrected chi connectivity index (χ1v) is 11.6. The molecule has 1 aromatic carbocycles. The average molecular weight is 442 g/mol. The Kier molecular flexibility index (Phi) is 6.22. The molecule has 1 aromatic heterocycles. The minimum atomic E-state index is -3.05. The third-order valence-corrected chi connectivity index (χ3v) is 7.46. The summed E-state index contributed by atoms with van der Waals surface area (Å²) in [5.41, 5.74) is 0.684. The summed E-state index contributed by atoms with van der Waals surface area (Å²) in [6, 6.07) is 4.97. The van der Waals surface area contributed by atoms with Gasteiger partial charge in [0.2, 0.25) is 11.1 Å². The van der Waals surface area contributed by atoms with Gasteiger partial charge in [0, 0.05) is 18.7 Å². The van der Waals surface area contributed by atoms with Crippen LogP contribution in [0.15, 0.2) is 23.4 Å². The van der Waals surface area contributed by atoms with Crippen molar-refractivity contribution in [3.8, 4) is 22.9 Å². The third kappa shape index (κ3) is 4.58. The van der Waals surface area contributed by atoms with Gasteiger partial charge in [-0.05, 0) is 24.6 Å². The number of hydrogen-bond donors (Lipinski definition) is 1. The number of benzene rings is 1. The Morgan fingerprint density at radius 1 is 1.31 bits per heavy atom. The largest absolute Gasteiger partial charge is 0.493 e. The lowest BCUT2D eigenvalue weighted by Gasteiger charge is -2.23. The van der Waals surface area contributed by atoms with Gasteiger partial charge in [-0.3, -0.25) is 4.79 Å². The molecule has 0 unspecified atom stereocenters. The number of aromatic nitrogens is 3. The van der Waals surface area contributed by atoms with Crippen LogP contribution >= 0.6 is 11.8 Å². The van der Waals surface area contributed by atoms with E-state index in [0.29, 0.717) is 34.5 Å². The van der Waals surface area contributed by atoms with Crippen molar-refractivity contribution in [1.82, 2.24) is 19.8 Å². The summed E-state index contributed by atoms with van der Waals surface area (Å²) >= 11 is 1.14. The summed E-state index contributed by atoms with van der Waals surface area (Å²) in [7, 11) is 1.65. The number of nitrogens with two attached hydrogens (primary N) is 1. The summed E-state index contributed by atoms with van der Waals surface area (Å²) in [6.07, 6.45) is 0.464. The van der Waals surface area contributed by atoms with Crippen molar-refractivity contribution in [2.75, 3.05) is 44.4 Å². The molecule has 1 aliphatic heterocycles. The first-order valence-electron chi connectivity index (χ1n) is 8.77. The summed E-state index contributed by atoms with van der Waals surface area (Å²) in [4.78, 5) is 13.9. The van der Waals surface area contributed by atoms with E-state index in [-0.39, 0.29) is 29.2 Å². The highest BCUT2D eigenvalue weighted by Gasteiger charge is 2.32. The van der Waals surface area contributed by atoms with E-state index in [9.17, 15) is 13.2 Å². The average Bonchev–Trinajstić information content (AvgIpc) is 3.26. The number of carbonyl (C=O) groups excluding carboxylic acids is 1. The molecule has 2 heterocycles. The molecule has 0 saturated carbocycles. The van der Waals surface area contributed by atoms with Gasteiger partial charge in [-0.25, -0.2) is 13.1 Å². The monoisotopic (exact) mass is 441 g/mol. The molecule has 12 heteroatoms. The second kappa shape index (κ2) is 8.49. The highest BCUT2D eigenvalue weighted by atomic mass is 32.2. The van der Waals surface area contributed by atoms with E-state index in [1.807, 2.05) is 0 Å².